The largest absolute Gasteiger partial charge is 0.471 e. The van der Waals surface area contributed by atoms with Crippen molar-refractivity contribution in [2.75, 3.05) is 25.6 Å². The number of carbonyl (C=O) groups excluding carboxylic acids is 2. The van der Waals surface area contributed by atoms with Crippen molar-refractivity contribution in [3.63, 3.8) is 0 Å². The van der Waals surface area contributed by atoms with Crippen molar-refractivity contribution >= 4 is 17.6 Å². The fourth-order valence-corrected chi connectivity index (χ4v) is 4.79. The number of amides is 1. The summed E-state index contributed by atoms with van der Waals surface area (Å²) in [5, 5.41) is 1.79. The number of esters is 1. The van der Waals surface area contributed by atoms with Crippen LogP contribution in [0.3, 0.4) is 0 Å². The molecule has 3 saturated heterocycles. The van der Waals surface area contributed by atoms with Crippen LogP contribution in [0.25, 0.3) is 0 Å². The number of carbonyl (C=O) groups is 2. The summed E-state index contributed by atoms with van der Waals surface area (Å²) in [6, 6.07) is 5.78. The molecule has 0 unspecified atom stereocenters. The highest BCUT2D eigenvalue weighted by molar-refractivity contribution is 5.94. The summed E-state index contributed by atoms with van der Waals surface area (Å²) in [6.45, 7) is 7.28. The summed E-state index contributed by atoms with van der Waals surface area (Å²) >= 11 is 0. The molecule has 0 saturated carbocycles. The molecule has 0 radical (unpaired) electrons. The first-order valence-electron chi connectivity index (χ1n) is 12.2. The zero-order chi connectivity index (χ0) is 27.9. The van der Waals surface area contributed by atoms with E-state index in [-0.39, 0.29) is 31.7 Å². The van der Waals surface area contributed by atoms with Crippen molar-refractivity contribution in [2.45, 2.75) is 88.5 Å². The van der Waals surface area contributed by atoms with Crippen molar-refractivity contribution in [3.8, 4) is 0 Å². The standard InChI is InChI=1S/C25H32F3NO9/c1-22(2)34-13-17(36-22)19-18-16(35-23(3,4)37-18)12-24(38-19,21(31)32-5)33-11-10-14-6-8-15(9-7-14)29-20(30)25(26,27)28/h6-9,16-19H,10-13H2,1-5H3,(H,29,30)/t16-,17-,18-,19-,24-/m1/s1. The van der Waals surface area contributed by atoms with Crippen LogP contribution in [0.15, 0.2) is 24.3 Å². The maximum atomic E-state index is 13.0. The highest BCUT2D eigenvalue weighted by atomic mass is 19.4. The molecule has 5 atom stereocenters. The van der Waals surface area contributed by atoms with Crippen LogP contribution >= 0.6 is 0 Å². The minimum absolute atomic E-state index is 0.00362. The monoisotopic (exact) mass is 547 g/mol. The van der Waals surface area contributed by atoms with Gasteiger partial charge in [0, 0.05) is 12.1 Å². The molecule has 1 aromatic carbocycles. The van der Waals surface area contributed by atoms with Gasteiger partial charge in [0.05, 0.1) is 26.4 Å². The first-order valence-corrected chi connectivity index (χ1v) is 12.2. The lowest BCUT2D eigenvalue weighted by Gasteiger charge is -2.44. The van der Waals surface area contributed by atoms with Gasteiger partial charge in [-0.05, 0) is 51.8 Å². The van der Waals surface area contributed by atoms with E-state index in [9.17, 15) is 22.8 Å². The zero-order valence-electron chi connectivity index (χ0n) is 21.8. The van der Waals surface area contributed by atoms with Gasteiger partial charge in [0.25, 0.3) is 5.79 Å². The molecular formula is C25H32F3NO9. The molecule has 1 N–H and O–H groups in total. The Morgan fingerprint density at radius 3 is 2.18 bits per heavy atom. The molecule has 1 amide bonds. The molecule has 1 aromatic rings. The lowest BCUT2D eigenvalue weighted by Crippen LogP contribution is -2.62. The number of ether oxygens (including phenoxy) is 7. The molecule has 13 heteroatoms. The molecule has 0 aliphatic carbocycles. The third kappa shape index (κ3) is 6.29. The van der Waals surface area contributed by atoms with Gasteiger partial charge < -0.3 is 38.5 Å². The summed E-state index contributed by atoms with van der Waals surface area (Å²) in [5.41, 5.74) is 0.686. The average Bonchev–Trinajstić information content (AvgIpc) is 3.35. The second-order valence-electron chi connectivity index (χ2n) is 10.3. The van der Waals surface area contributed by atoms with Crippen molar-refractivity contribution in [3.05, 3.63) is 29.8 Å². The van der Waals surface area contributed by atoms with Crippen LogP contribution in [0.5, 0.6) is 0 Å². The number of methoxy groups -OCH3 is 1. The number of hydrogen-bond donors (Lipinski definition) is 1. The van der Waals surface area contributed by atoms with E-state index < -0.39 is 59.8 Å². The second-order valence-corrected chi connectivity index (χ2v) is 10.3. The highest BCUT2D eigenvalue weighted by Gasteiger charge is 2.62. The minimum Gasteiger partial charge on any atom is -0.465 e. The van der Waals surface area contributed by atoms with E-state index in [1.54, 1.807) is 45.1 Å². The molecule has 0 spiro atoms. The third-order valence-corrected chi connectivity index (χ3v) is 6.43. The van der Waals surface area contributed by atoms with Crippen LogP contribution in [0.2, 0.25) is 0 Å². The van der Waals surface area contributed by atoms with Gasteiger partial charge in [-0.1, -0.05) is 12.1 Å². The molecular weight excluding hydrogens is 515 g/mol. The maximum absolute atomic E-state index is 13.0. The lowest BCUT2D eigenvalue weighted by molar-refractivity contribution is -0.314. The van der Waals surface area contributed by atoms with Gasteiger partial charge in [0.15, 0.2) is 11.6 Å². The molecule has 212 valence electrons. The highest BCUT2D eigenvalue weighted by Crippen LogP contribution is 2.45. The van der Waals surface area contributed by atoms with Crippen molar-refractivity contribution in [1.82, 2.24) is 0 Å². The Morgan fingerprint density at radius 1 is 0.974 bits per heavy atom. The van der Waals surface area contributed by atoms with Crippen molar-refractivity contribution in [2.24, 2.45) is 0 Å². The molecule has 3 aliphatic rings. The Bertz CT molecular complexity index is 1030. The predicted octanol–water partition coefficient (Wildman–Crippen LogP) is 3.08. The lowest BCUT2D eigenvalue weighted by atomic mass is 9.92. The Labute approximate surface area is 218 Å². The van der Waals surface area contributed by atoms with Gasteiger partial charge in [-0.3, -0.25) is 4.79 Å². The molecule has 0 aromatic heterocycles. The Morgan fingerprint density at radius 2 is 1.61 bits per heavy atom. The van der Waals surface area contributed by atoms with Gasteiger partial charge >= 0.3 is 18.1 Å². The summed E-state index contributed by atoms with van der Waals surface area (Å²) in [7, 11) is 1.22. The molecule has 38 heavy (non-hydrogen) atoms. The maximum Gasteiger partial charge on any atom is 0.471 e. The van der Waals surface area contributed by atoms with Crippen LogP contribution in [0, 0.1) is 0 Å². The quantitative estimate of drug-likeness (QED) is 0.515. The normalized spacial score (nSPS) is 32.0. The Balaban J connectivity index is 1.47. The van der Waals surface area contributed by atoms with Gasteiger partial charge in [0.1, 0.15) is 18.3 Å². The van der Waals surface area contributed by atoms with Gasteiger partial charge in [-0.2, -0.15) is 13.2 Å². The topological polar surface area (TPSA) is 111 Å². The van der Waals surface area contributed by atoms with E-state index in [1.807, 2.05) is 0 Å². The second kappa shape index (κ2) is 10.4. The SMILES string of the molecule is COC(=O)[C@@]1(OCCc2ccc(NC(=O)C(F)(F)F)cc2)C[C@H]2OC(C)(C)O[C@H]2[C@@H]([C@H]2COC(C)(C)O2)O1. The summed E-state index contributed by atoms with van der Waals surface area (Å²) < 4.78 is 78.7. The van der Waals surface area contributed by atoms with E-state index in [0.29, 0.717) is 5.56 Å². The number of rotatable bonds is 7. The minimum atomic E-state index is -4.99. The third-order valence-electron chi connectivity index (χ3n) is 6.43. The number of halogens is 3. The average molecular weight is 548 g/mol. The molecule has 3 heterocycles. The number of benzene rings is 1. The van der Waals surface area contributed by atoms with Gasteiger partial charge in [-0.15, -0.1) is 0 Å². The van der Waals surface area contributed by atoms with Crippen LogP contribution in [0.4, 0.5) is 18.9 Å². The van der Waals surface area contributed by atoms with E-state index in [1.165, 1.54) is 19.2 Å². The van der Waals surface area contributed by atoms with Gasteiger partial charge in [0.2, 0.25) is 0 Å². The van der Waals surface area contributed by atoms with Crippen LogP contribution in [-0.4, -0.2) is 80.2 Å². The van der Waals surface area contributed by atoms with E-state index in [0.717, 1.165) is 0 Å². The molecule has 3 aliphatic heterocycles. The van der Waals surface area contributed by atoms with Crippen LogP contribution < -0.4 is 5.32 Å². The molecule has 3 fully saturated rings. The number of nitrogens with one attached hydrogen (secondary N) is 1. The van der Waals surface area contributed by atoms with Crippen LogP contribution in [-0.2, 0) is 49.2 Å². The van der Waals surface area contributed by atoms with Gasteiger partial charge in [-0.25, -0.2) is 4.79 Å². The summed E-state index contributed by atoms with van der Waals surface area (Å²) in [4.78, 5) is 24.1. The fourth-order valence-electron chi connectivity index (χ4n) is 4.79. The van der Waals surface area contributed by atoms with E-state index >= 15 is 0 Å². The number of alkyl halides is 3. The molecule has 10 nitrogen and oxygen atoms in total. The Hall–Kier alpha value is -2.29. The van der Waals surface area contributed by atoms with E-state index in [2.05, 4.69) is 0 Å². The molecule has 0 bridgehead atoms. The number of anilines is 1. The number of fused-ring (bicyclic) bond motifs is 1. The first-order chi connectivity index (χ1) is 17.6. The van der Waals surface area contributed by atoms with Crippen molar-refractivity contribution < 1.29 is 55.9 Å². The van der Waals surface area contributed by atoms with Crippen molar-refractivity contribution in [1.29, 1.82) is 0 Å². The Kier molecular flexibility index (Phi) is 7.83. The summed E-state index contributed by atoms with van der Waals surface area (Å²) in [5.74, 6) is -6.41. The predicted molar refractivity (Wildman–Crippen MR) is 124 cm³/mol. The molecule has 4 rings (SSSR count). The zero-order valence-corrected chi connectivity index (χ0v) is 21.8. The fraction of sp³-hybridized carbons (Fsp3) is 0.680. The van der Waals surface area contributed by atoms with Crippen LogP contribution in [0.1, 0.15) is 39.7 Å². The smallest absolute Gasteiger partial charge is 0.465 e. The van der Waals surface area contributed by atoms with E-state index in [4.69, 9.17) is 33.2 Å². The first kappa shape index (κ1) is 28.7. The number of hydrogen-bond acceptors (Lipinski definition) is 9. The summed E-state index contributed by atoms with van der Waals surface area (Å²) in [6.07, 6.45) is -7.15.